The van der Waals surface area contributed by atoms with Gasteiger partial charge in [0, 0.05) is 12.6 Å². The lowest BCUT2D eigenvalue weighted by molar-refractivity contribution is -0.169. The number of nitrogens with one attached hydrogen (secondary N) is 1. The number of rotatable bonds is 5. The van der Waals surface area contributed by atoms with E-state index in [1.165, 1.54) is 11.1 Å². The average Bonchev–Trinajstić information content (AvgIpc) is 3.24. The molecule has 5 rings (SSSR count). The van der Waals surface area contributed by atoms with Crippen LogP contribution in [-0.4, -0.2) is 72.0 Å². The molecule has 1 aliphatic carbocycles. The third-order valence-corrected chi connectivity index (χ3v) is 7.33. The van der Waals surface area contributed by atoms with E-state index in [-0.39, 0.29) is 55.7 Å². The summed E-state index contributed by atoms with van der Waals surface area (Å²) in [6.45, 7) is 0.686. The smallest absolute Gasteiger partial charge is 0.227 e. The van der Waals surface area contributed by atoms with E-state index in [4.69, 9.17) is 9.47 Å². The summed E-state index contributed by atoms with van der Waals surface area (Å²) in [7, 11) is 0. The molecule has 2 aliphatic heterocycles. The first-order valence-corrected chi connectivity index (χ1v) is 12.7. The Kier molecular flexibility index (Phi) is 7.46. The van der Waals surface area contributed by atoms with E-state index in [0.717, 1.165) is 18.4 Å². The number of aliphatic hydroxyl groups is 1. The lowest BCUT2D eigenvalue weighted by Gasteiger charge is -2.44. The molecule has 7 nitrogen and oxygen atoms in total. The van der Waals surface area contributed by atoms with Crippen molar-refractivity contribution >= 4 is 11.8 Å². The van der Waals surface area contributed by atoms with Crippen LogP contribution in [-0.2, 0) is 38.3 Å². The van der Waals surface area contributed by atoms with E-state index < -0.39 is 6.10 Å². The predicted octanol–water partition coefficient (Wildman–Crippen LogP) is 2.04. The molecule has 2 heterocycles. The van der Waals surface area contributed by atoms with Crippen molar-refractivity contribution in [2.24, 2.45) is 0 Å². The minimum absolute atomic E-state index is 0.00505. The lowest BCUT2D eigenvalue weighted by atomic mass is 9.94. The Balaban J connectivity index is 1.18. The minimum atomic E-state index is -0.727. The second-order valence-corrected chi connectivity index (χ2v) is 9.99. The Morgan fingerprint density at radius 1 is 0.971 bits per heavy atom. The molecule has 0 spiro atoms. The van der Waals surface area contributed by atoms with E-state index in [1.807, 2.05) is 42.5 Å². The molecule has 0 saturated carbocycles. The van der Waals surface area contributed by atoms with Crippen molar-refractivity contribution in [3.05, 3.63) is 71.3 Å². The fraction of sp³-hybridized carbons (Fsp3) is 0.500. The summed E-state index contributed by atoms with van der Waals surface area (Å²) in [5.74, 6) is -0.0156. The third-order valence-electron chi connectivity index (χ3n) is 7.33. The zero-order valence-corrected chi connectivity index (χ0v) is 20.0. The highest BCUT2D eigenvalue weighted by atomic mass is 16.5. The molecule has 2 aromatic rings. The number of β-amino-alcohol motifs (C(OH)–C–C–N with tert-alkyl or cyclic N) is 1. The first-order chi connectivity index (χ1) is 17.0. The van der Waals surface area contributed by atoms with Crippen LogP contribution in [0.1, 0.15) is 36.0 Å². The maximum atomic E-state index is 13.2. The van der Waals surface area contributed by atoms with Gasteiger partial charge in [0.1, 0.15) is 6.10 Å². The molecule has 2 saturated heterocycles. The normalized spacial score (nSPS) is 26.8. The monoisotopic (exact) mass is 478 g/mol. The molecule has 35 heavy (non-hydrogen) atoms. The summed E-state index contributed by atoms with van der Waals surface area (Å²) in [6.07, 6.45) is 2.47. The SMILES string of the molecule is O=C(C[C@@H]1CC[C@H]2[C@@H](COC[C@H](O)CN2C(=O)Cc2ccccc2)O1)NC1Cc2ccccc2C1. The van der Waals surface area contributed by atoms with Crippen LogP contribution in [0.25, 0.3) is 0 Å². The zero-order chi connectivity index (χ0) is 24.2. The quantitative estimate of drug-likeness (QED) is 0.687. The van der Waals surface area contributed by atoms with Crippen LogP contribution in [0.3, 0.4) is 0 Å². The number of fused-ring (bicyclic) bond motifs is 2. The number of nitrogens with zero attached hydrogens (tertiary/aromatic N) is 1. The largest absolute Gasteiger partial charge is 0.389 e. The minimum Gasteiger partial charge on any atom is -0.389 e. The number of carbonyl (C=O) groups excluding carboxylic acids is 2. The van der Waals surface area contributed by atoms with E-state index >= 15 is 0 Å². The highest BCUT2D eigenvalue weighted by Crippen LogP contribution is 2.29. The zero-order valence-electron chi connectivity index (χ0n) is 20.0. The van der Waals surface area contributed by atoms with Crippen molar-refractivity contribution in [1.29, 1.82) is 0 Å². The van der Waals surface area contributed by atoms with Crippen LogP contribution in [0, 0.1) is 0 Å². The summed E-state index contributed by atoms with van der Waals surface area (Å²) in [5, 5.41) is 13.5. The maximum absolute atomic E-state index is 13.2. The molecular weight excluding hydrogens is 444 g/mol. The first-order valence-electron chi connectivity index (χ1n) is 12.7. The van der Waals surface area contributed by atoms with Gasteiger partial charge in [-0.15, -0.1) is 0 Å². The molecule has 2 amide bonds. The molecule has 0 unspecified atom stereocenters. The van der Waals surface area contributed by atoms with Gasteiger partial charge in [-0.1, -0.05) is 54.6 Å². The van der Waals surface area contributed by atoms with Crippen molar-refractivity contribution in [1.82, 2.24) is 10.2 Å². The van der Waals surface area contributed by atoms with Crippen molar-refractivity contribution in [3.8, 4) is 0 Å². The number of benzene rings is 2. The molecule has 0 radical (unpaired) electrons. The number of aliphatic hydroxyl groups excluding tert-OH is 1. The summed E-state index contributed by atoms with van der Waals surface area (Å²) in [4.78, 5) is 27.8. The lowest BCUT2D eigenvalue weighted by Crippen LogP contribution is -2.58. The van der Waals surface area contributed by atoms with Crippen LogP contribution in [0.15, 0.2) is 54.6 Å². The number of ether oxygens (including phenoxy) is 2. The number of hydrogen-bond donors (Lipinski definition) is 2. The van der Waals surface area contributed by atoms with Crippen molar-refractivity contribution < 1.29 is 24.2 Å². The Bertz CT molecular complexity index is 1000. The van der Waals surface area contributed by atoms with E-state index in [2.05, 4.69) is 17.4 Å². The van der Waals surface area contributed by atoms with E-state index in [0.29, 0.717) is 25.9 Å². The predicted molar refractivity (Wildman–Crippen MR) is 131 cm³/mol. The Labute approximate surface area is 206 Å². The van der Waals surface area contributed by atoms with E-state index in [1.54, 1.807) is 4.90 Å². The summed E-state index contributed by atoms with van der Waals surface area (Å²) in [5.41, 5.74) is 3.56. The second-order valence-electron chi connectivity index (χ2n) is 9.99. The van der Waals surface area contributed by atoms with Crippen LogP contribution in [0.4, 0.5) is 0 Å². The van der Waals surface area contributed by atoms with Gasteiger partial charge >= 0.3 is 0 Å². The van der Waals surface area contributed by atoms with Crippen LogP contribution < -0.4 is 5.32 Å². The standard InChI is InChI=1S/C28H34N2O5/c31-23-16-30(28(33)12-19-6-2-1-3-7-19)25-11-10-24(35-26(25)18-34-17-23)15-27(32)29-22-13-20-8-4-5-9-21(20)14-22/h1-9,22-26,31H,10-18H2,(H,29,32)/t23-,24+,25+,26-/m1/s1. The van der Waals surface area contributed by atoms with Gasteiger partial charge in [0.05, 0.1) is 44.3 Å². The molecule has 4 atom stereocenters. The summed E-state index contributed by atoms with van der Waals surface area (Å²) < 4.78 is 12.0. The number of hydrogen-bond acceptors (Lipinski definition) is 5. The fourth-order valence-corrected chi connectivity index (χ4v) is 5.65. The molecule has 2 fully saturated rings. The summed E-state index contributed by atoms with van der Waals surface area (Å²) in [6, 6.07) is 17.9. The topological polar surface area (TPSA) is 88.1 Å². The van der Waals surface area contributed by atoms with Crippen molar-refractivity contribution in [2.75, 3.05) is 19.8 Å². The van der Waals surface area contributed by atoms with Gasteiger partial charge in [-0.2, -0.15) is 0 Å². The Hall–Kier alpha value is -2.74. The van der Waals surface area contributed by atoms with Gasteiger partial charge in [-0.05, 0) is 42.4 Å². The highest BCUT2D eigenvalue weighted by molar-refractivity contribution is 5.79. The number of carbonyl (C=O) groups is 2. The first kappa shape index (κ1) is 24.0. The maximum Gasteiger partial charge on any atom is 0.227 e. The molecule has 0 aromatic heterocycles. The molecule has 186 valence electrons. The van der Waals surface area contributed by atoms with Gasteiger partial charge in [-0.3, -0.25) is 9.59 Å². The van der Waals surface area contributed by atoms with Gasteiger partial charge < -0.3 is 24.8 Å². The Morgan fingerprint density at radius 2 is 1.69 bits per heavy atom. The van der Waals surface area contributed by atoms with Gasteiger partial charge in [0.2, 0.25) is 11.8 Å². The molecule has 2 N–H and O–H groups in total. The fourth-order valence-electron chi connectivity index (χ4n) is 5.65. The summed E-state index contributed by atoms with van der Waals surface area (Å²) >= 11 is 0. The molecule has 7 heteroatoms. The average molecular weight is 479 g/mol. The van der Waals surface area contributed by atoms with Gasteiger partial charge in [0.25, 0.3) is 0 Å². The number of amides is 2. The second kappa shape index (κ2) is 10.9. The van der Waals surface area contributed by atoms with Crippen molar-refractivity contribution in [2.45, 2.75) is 68.9 Å². The van der Waals surface area contributed by atoms with E-state index in [9.17, 15) is 14.7 Å². The van der Waals surface area contributed by atoms with Crippen LogP contribution in [0.2, 0.25) is 0 Å². The van der Waals surface area contributed by atoms with Gasteiger partial charge in [-0.25, -0.2) is 0 Å². The van der Waals surface area contributed by atoms with Gasteiger partial charge in [0.15, 0.2) is 0 Å². The molecular formula is C28H34N2O5. The Morgan fingerprint density at radius 3 is 2.43 bits per heavy atom. The molecule has 3 aliphatic rings. The molecule has 0 bridgehead atoms. The van der Waals surface area contributed by atoms with Crippen molar-refractivity contribution in [3.63, 3.8) is 0 Å². The molecule has 2 aromatic carbocycles. The highest BCUT2D eigenvalue weighted by Gasteiger charge is 2.40. The van der Waals surface area contributed by atoms with Crippen LogP contribution in [0.5, 0.6) is 0 Å². The third kappa shape index (κ3) is 5.92. The van der Waals surface area contributed by atoms with Crippen LogP contribution >= 0.6 is 0 Å².